The van der Waals surface area contributed by atoms with Crippen LogP contribution < -0.4 is 14.8 Å². The lowest BCUT2D eigenvalue weighted by Gasteiger charge is -2.18. The highest BCUT2D eigenvalue weighted by molar-refractivity contribution is 6.07. The first-order chi connectivity index (χ1) is 14.7. The van der Waals surface area contributed by atoms with Crippen LogP contribution in [0.2, 0.25) is 0 Å². The third-order valence-corrected chi connectivity index (χ3v) is 5.84. The number of amides is 1. The molecule has 1 heterocycles. The van der Waals surface area contributed by atoms with Gasteiger partial charge in [-0.25, -0.2) is 4.98 Å². The Morgan fingerprint density at radius 2 is 1.73 bits per heavy atom. The molecule has 0 atom stereocenters. The fourth-order valence-corrected chi connectivity index (χ4v) is 4.20. The van der Waals surface area contributed by atoms with Crippen molar-refractivity contribution in [1.82, 2.24) is 10.3 Å². The van der Waals surface area contributed by atoms with Crippen molar-refractivity contribution in [3.63, 3.8) is 0 Å². The predicted octanol–water partition coefficient (Wildman–Crippen LogP) is 5.37. The van der Waals surface area contributed by atoms with Gasteiger partial charge in [-0.1, -0.05) is 43.9 Å². The molecule has 1 N–H and O–H groups in total. The van der Waals surface area contributed by atoms with Crippen LogP contribution in [0, 0.1) is 0 Å². The summed E-state index contributed by atoms with van der Waals surface area (Å²) in [4.78, 5) is 18.1. The summed E-state index contributed by atoms with van der Waals surface area (Å²) < 4.78 is 10.9. The van der Waals surface area contributed by atoms with Crippen LogP contribution in [0.25, 0.3) is 22.2 Å². The molecule has 1 aromatic heterocycles. The zero-order valence-electron chi connectivity index (χ0n) is 17.6. The predicted molar refractivity (Wildman–Crippen MR) is 119 cm³/mol. The third-order valence-electron chi connectivity index (χ3n) is 5.84. The summed E-state index contributed by atoms with van der Waals surface area (Å²) >= 11 is 0. The number of benzene rings is 2. The Morgan fingerprint density at radius 3 is 2.47 bits per heavy atom. The summed E-state index contributed by atoms with van der Waals surface area (Å²) in [6.45, 7) is 0. The molecule has 1 aliphatic rings. The fourth-order valence-electron chi connectivity index (χ4n) is 4.20. The van der Waals surface area contributed by atoms with Gasteiger partial charge in [-0.3, -0.25) is 4.79 Å². The van der Waals surface area contributed by atoms with Gasteiger partial charge in [0.05, 0.1) is 31.0 Å². The van der Waals surface area contributed by atoms with Gasteiger partial charge in [0.25, 0.3) is 5.91 Å². The highest BCUT2D eigenvalue weighted by Gasteiger charge is 2.20. The highest BCUT2D eigenvalue weighted by atomic mass is 16.5. The van der Waals surface area contributed by atoms with Crippen molar-refractivity contribution in [3.8, 4) is 22.8 Å². The third kappa shape index (κ3) is 4.25. The van der Waals surface area contributed by atoms with Gasteiger partial charge in [0, 0.05) is 23.1 Å². The quantitative estimate of drug-likeness (QED) is 0.581. The molecule has 1 fully saturated rings. The van der Waals surface area contributed by atoms with Gasteiger partial charge in [-0.2, -0.15) is 0 Å². The van der Waals surface area contributed by atoms with Crippen molar-refractivity contribution >= 4 is 16.8 Å². The standard InChI is InChI=1S/C25H28N2O3/c1-29-18-13-14-20(24(15-18)30-2)23-16-21(19-11-7-8-12-22(19)27-23)25(28)26-17-9-5-3-4-6-10-17/h7-8,11-17H,3-6,9-10H2,1-2H3,(H,26,28). The molecule has 3 aromatic rings. The van der Waals surface area contributed by atoms with Gasteiger partial charge in [-0.05, 0) is 37.1 Å². The molecule has 1 aliphatic carbocycles. The molecule has 2 aromatic carbocycles. The molecule has 156 valence electrons. The molecule has 5 heteroatoms. The van der Waals surface area contributed by atoms with E-state index in [-0.39, 0.29) is 11.9 Å². The molecule has 1 amide bonds. The van der Waals surface area contributed by atoms with Gasteiger partial charge in [-0.15, -0.1) is 0 Å². The van der Waals surface area contributed by atoms with Gasteiger partial charge in [0.2, 0.25) is 0 Å². The van der Waals surface area contributed by atoms with E-state index in [1.807, 2.05) is 48.5 Å². The number of para-hydroxylation sites is 1. The average Bonchev–Trinajstić information content (AvgIpc) is 3.06. The molecule has 0 unspecified atom stereocenters. The number of methoxy groups -OCH3 is 2. The Hall–Kier alpha value is -3.08. The lowest BCUT2D eigenvalue weighted by molar-refractivity contribution is 0.0935. The average molecular weight is 405 g/mol. The van der Waals surface area contributed by atoms with Crippen LogP contribution in [0.1, 0.15) is 48.9 Å². The minimum Gasteiger partial charge on any atom is -0.497 e. The first kappa shape index (κ1) is 20.2. The summed E-state index contributed by atoms with van der Waals surface area (Å²) in [7, 11) is 3.25. The molecule has 1 saturated carbocycles. The van der Waals surface area contributed by atoms with E-state index in [0.717, 1.165) is 29.3 Å². The number of aromatic nitrogens is 1. The van der Waals surface area contributed by atoms with Crippen molar-refractivity contribution in [1.29, 1.82) is 0 Å². The number of carbonyl (C=O) groups excluding carboxylic acids is 1. The molecule has 0 aliphatic heterocycles. The van der Waals surface area contributed by atoms with Crippen LogP contribution in [0.5, 0.6) is 11.5 Å². The SMILES string of the molecule is COc1ccc(-c2cc(C(=O)NC3CCCCCC3)c3ccccc3n2)c(OC)c1. The lowest BCUT2D eigenvalue weighted by atomic mass is 10.0. The Bertz CT molecular complexity index is 1040. The van der Waals surface area contributed by atoms with Crippen LogP contribution in [0.4, 0.5) is 0 Å². The number of ether oxygens (including phenoxy) is 2. The van der Waals surface area contributed by atoms with Crippen molar-refractivity contribution in [2.75, 3.05) is 14.2 Å². The maximum atomic E-state index is 13.3. The van der Waals surface area contributed by atoms with Gasteiger partial charge in [0.1, 0.15) is 11.5 Å². The number of rotatable bonds is 5. The Morgan fingerprint density at radius 1 is 0.967 bits per heavy atom. The number of hydrogen-bond donors (Lipinski definition) is 1. The van der Waals surface area contributed by atoms with E-state index >= 15 is 0 Å². The molecule has 5 nitrogen and oxygen atoms in total. The number of nitrogens with zero attached hydrogens (tertiary/aromatic N) is 1. The number of carbonyl (C=O) groups is 1. The molecule has 0 radical (unpaired) electrons. The monoisotopic (exact) mass is 404 g/mol. The Kier molecular flexibility index (Phi) is 6.17. The first-order valence-corrected chi connectivity index (χ1v) is 10.6. The van der Waals surface area contributed by atoms with Gasteiger partial charge < -0.3 is 14.8 Å². The summed E-state index contributed by atoms with van der Waals surface area (Å²) in [5, 5.41) is 4.14. The maximum absolute atomic E-state index is 13.3. The molecule has 4 rings (SSSR count). The number of hydrogen-bond acceptors (Lipinski definition) is 4. The van der Waals surface area contributed by atoms with E-state index in [9.17, 15) is 4.79 Å². The lowest BCUT2D eigenvalue weighted by Crippen LogP contribution is -2.34. The second-order valence-electron chi connectivity index (χ2n) is 7.80. The van der Waals surface area contributed by atoms with Crippen LogP contribution in [0.15, 0.2) is 48.5 Å². The fraction of sp³-hybridized carbons (Fsp3) is 0.360. The maximum Gasteiger partial charge on any atom is 0.252 e. The summed E-state index contributed by atoms with van der Waals surface area (Å²) in [5.74, 6) is 1.34. The second-order valence-corrected chi connectivity index (χ2v) is 7.80. The van der Waals surface area contributed by atoms with E-state index in [2.05, 4.69) is 5.32 Å². The smallest absolute Gasteiger partial charge is 0.252 e. The largest absolute Gasteiger partial charge is 0.497 e. The second kappa shape index (κ2) is 9.16. The Labute approximate surface area is 177 Å². The van der Waals surface area contributed by atoms with Crippen LogP contribution in [0.3, 0.4) is 0 Å². The van der Waals surface area contributed by atoms with E-state index in [1.165, 1.54) is 25.7 Å². The van der Waals surface area contributed by atoms with Crippen LogP contribution in [-0.2, 0) is 0 Å². The van der Waals surface area contributed by atoms with Crippen LogP contribution in [-0.4, -0.2) is 31.2 Å². The van der Waals surface area contributed by atoms with E-state index in [0.29, 0.717) is 22.8 Å². The van der Waals surface area contributed by atoms with Crippen molar-refractivity contribution in [3.05, 3.63) is 54.1 Å². The molecular formula is C25H28N2O3. The zero-order chi connectivity index (χ0) is 20.9. The van der Waals surface area contributed by atoms with Crippen molar-refractivity contribution in [2.24, 2.45) is 0 Å². The minimum atomic E-state index is -0.0331. The summed E-state index contributed by atoms with van der Waals surface area (Å²) in [5.41, 5.74) is 2.98. The summed E-state index contributed by atoms with van der Waals surface area (Å²) in [6.07, 6.45) is 6.96. The van der Waals surface area contributed by atoms with E-state index in [1.54, 1.807) is 14.2 Å². The normalized spacial score (nSPS) is 14.9. The van der Waals surface area contributed by atoms with Crippen molar-refractivity contribution < 1.29 is 14.3 Å². The topological polar surface area (TPSA) is 60.5 Å². The molecule has 0 bridgehead atoms. The van der Waals surface area contributed by atoms with Crippen molar-refractivity contribution in [2.45, 2.75) is 44.6 Å². The zero-order valence-corrected chi connectivity index (χ0v) is 17.6. The Balaban J connectivity index is 1.75. The highest BCUT2D eigenvalue weighted by Crippen LogP contribution is 2.34. The minimum absolute atomic E-state index is 0.0331. The van der Waals surface area contributed by atoms with Gasteiger partial charge >= 0.3 is 0 Å². The molecular weight excluding hydrogens is 376 g/mol. The van der Waals surface area contributed by atoms with E-state index in [4.69, 9.17) is 14.5 Å². The number of pyridine rings is 1. The number of fused-ring (bicyclic) bond motifs is 1. The van der Waals surface area contributed by atoms with Gasteiger partial charge in [0.15, 0.2) is 0 Å². The number of nitrogens with one attached hydrogen (secondary N) is 1. The van der Waals surface area contributed by atoms with E-state index < -0.39 is 0 Å². The molecule has 0 spiro atoms. The molecule has 0 saturated heterocycles. The van der Waals surface area contributed by atoms with Crippen LogP contribution >= 0.6 is 0 Å². The first-order valence-electron chi connectivity index (χ1n) is 10.6. The molecule has 30 heavy (non-hydrogen) atoms. The summed E-state index contributed by atoms with van der Waals surface area (Å²) in [6, 6.07) is 15.5.